The number of nitrogens with zero attached hydrogens (tertiary/aromatic N) is 2. The number of thioether (sulfide) groups is 1. The fourth-order valence-electron chi connectivity index (χ4n) is 4.08. The van der Waals surface area contributed by atoms with Crippen molar-refractivity contribution in [2.45, 2.75) is 63.2 Å². The van der Waals surface area contributed by atoms with Crippen LogP contribution in [0, 0.1) is 17.2 Å². The van der Waals surface area contributed by atoms with Crippen LogP contribution in [0.3, 0.4) is 0 Å². The molecule has 1 aliphatic rings. The molecule has 2 aromatic rings. The molecular weight excluding hydrogens is 307 g/mol. The largest absolute Gasteiger partial charge is 0.236 e. The van der Waals surface area contributed by atoms with Crippen LogP contribution in [0.4, 0.5) is 4.39 Å². The van der Waals surface area contributed by atoms with Gasteiger partial charge in [-0.25, -0.2) is 14.4 Å². The van der Waals surface area contributed by atoms with Crippen molar-refractivity contribution in [2.75, 3.05) is 0 Å². The van der Waals surface area contributed by atoms with Crippen LogP contribution in [0.25, 0.3) is 10.9 Å². The lowest BCUT2D eigenvalue weighted by Crippen LogP contribution is -2.42. The summed E-state index contributed by atoms with van der Waals surface area (Å²) in [5, 5.41) is 1.74. The molecule has 4 heteroatoms. The van der Waals surface area contributed by atoms with E-state index in [-0.39, 0.29) is 16.0 Å². The van der Waals surface area contributed by atoms with Gasteiger partial charge in [0.25, 0.3) is 0 Å². The van der Waals surface area contributed by atoms with Gasteiger partial charge in [0, 0.05) is 10.1 Å². The lowest BCUT2D eigenvalue weighted by atomic mass is 9.66. The van der Waals surface area contributed by atoms with E-state index in [1.54, 1.807) is 18.5 Å². The van der Waals surface area contributed by atoms with Crippen LogP contribution in [0.15, 0.2) is 29.6 Å². The summed E-state index contributed by atoms with van der Waals surface area (Å²) in [6.07, 6.45) is 6.59. The molecule has 0 spiro atoms. The summed E-state index contributed by atoms with van der Waals surface area (Å²) in [6.45, 7) is 9.36. The third-order valence-corrected chi connectivity index (χ3v) is 6.56. The fourth-order valence-corrected chi connectivity index (χ4v) is 5.76. The average Bonchev–Trinajstić information content (AvgIpc) is 2.47. The van der Waals surface area contributed by atoms with Crippen molar-refractivity contribution in [3.63, 3.8) is 0 Å². The first-order chi connectivity index (χ1) is 10.8. The monoisotopic (exact) mass is 332 g/mol. The average molecular weight is 332 g/mol. The number of fused-ring (bicyclic) bond motifs is 1. The molecule has 1 saturated carbocycles. The summed E-state index contributed by atoms with van der Waals surface area (Å²) in [7, 11) is 0. The Bertz CT molecular complexity index is 710. The van der Waals surface area contributed by atoms with Gasteiger partial charge >= 0.3 is 0 Å². The number of hydrogen-bond donors (Lipinski definition) is 0. The van der Waals surface area contributed by atoms with Crippen molar-refractivity contribution < 1.29 is 4.39 Å². The van der Waals surface area contributed by atoms with Gasteiger partial charge in [0.2, 0.25) is 0 Å². The second-order valence-electron chi connectivity index (χ2n) is 7.92. The minimum absolute atomic E-state index is 0.129. The molecule has 1 fully saturated rings. The predicted octanol–water partition coefficient (Wildman–Crippen LogP) is 5.86. The summed E-state index contributed by atoms with van der Waals surface area (Å²) >= 11 is 1.82. The second kappa shape index (κ2) is 6.04. The van der Waals surface area contributed by atoms with Crippen molar-refractivity contribution in [1.29, 1.82) is 0 Å². The topological polar surface area (TPSA) is 25.8 Å². The quantitative estimate of drug-likeness (QED) is 0.645. The lowest BCUT2D eigenvalue weighted by molar-refractivity contribution is 0.141. The van der Waals surface area contributed by atoms with Crippen LogP contribution in [-0.4, -0.2) is 14.7 Å². The lowest BCUT2D eigenvalue weighted by Gasteiger charge is -2.47. The zero-order valence-electron chi connectivity index (χ0n) is 14.4. The SMILES string of the molecule is CC(C)(C)C1CCCCC1(C)Sc1ncnc2ccc(F)cc12. The Kier molecular flexibility index (Phi) is 4.39. The molecule has 0 aliphatic heterocycles. The molecule has 3 rings (SSSR count). The van der Waals surface area contributed by atoms with E-state index in [1.165, 1.54) is 31.7 Å². The molecule has 2 unspecified atom stereocenters. The van der Waals surface area contributed by atoms with Crippen molar-refractivity contribution >= 4 is 22.7 Å². The van der Waals surface area contributed by atoms with Crippen molar-refractivity contribution in [3.05, 3.63) is 30.3 Å². The molecule has 0 N–H and O–H groups in total. The molecule has 23 heavy (non-hydrogen) atoms. The van der Waals surface area contributed by atoms with E-state index in [0.29, 0.717) is 5.92 Å². The van der Waals surface area contributed by atoms with Gasteiger partial charge in [0.15, 0.2) is 0 Å². The third-order valence-electron chi connectivity index (χ3n) is 5.09. The Labute approximate surface area is 142 Å². The molecule has 1 aromatic carbocycles. The zero-order chi connectivity index (χ0) is 16.7. The smallest absolute Gasteiger partial charge is 0.124 e. The first kappa shape index (κ1) is 16.7. The number of hydrogen-bond acceptors (Lipinski definition) is 3. The number of halogens is 1. The van der Waals surface area contributed by atoms with Gasteiger partial charge in [0.05, 0.1) is 5.52 Å². The van der Waals surface area contributed by atoms with E-state index in [1.807, 2.05) is 11.8 Å². The normalized spacial score (nSPS) is 25.7. The highest BCUT2D eigenvalue weighted by Crippen LogP contribution is 2.53. The van der Waals surface area contributed by atoms with E-state index < -0.39 is 0 Å². The molecule has 0 radical (unpaired) electrons. The van der Waals surface area contributed by atoms with Gasteiger partial charge in [-0.1, -0.05) is 45.4 Å². The van der Waals surface area contributed by atoms with E-state index in [0.717, 1.165) is 15.9 Å². The molecule has 2 nitrogen and oxygen atoms in total. The molecular formula is C19H25FN2S. The molecule has 0 bridgehead atoms. The highest BCUT2D eigenvalue weighted by molar-refractivity contribution is 8.00. The van der Waals surface area contributed by atoms with E-state index in [2.05, 4.69) is 37.7 Å². The zero-order valence-corrected chi connectivity index (χ0v) is 15.2. The maximum atomic E-state index is 13.7. The minimum Gasteiger partial charge on any atom is -0.236 e. The van der Waals surface area contributed by atoms with Crippen LogP contribution in [0.1, 0.15) is 53.4 Å². The van der Waals surface area contributed by atoms with Gasteiger partial charge in [-0.3, -0.25) is 0 Å². The standard InChI is InChI=1S/C19H25FN2S/c1-18(2,3)16-7-5-6-10-19(16,4)23-17-14-11-13(20)8-9-15(14)21-12-22-17/h8-9,11-12,16H,5-7,10H2,1-4H3. The summed E-state index contributed by atoms with van der Waals surface area (Å²) in [5.74, 6) is 0.391. The Hall–Kier alpha value is -1.16. The minimum atomic E-state index is -0.227. The highest BCUT2D eigenvalue weighted by atomic mass is 32.2. The predicted molar refractivity (Wildman–Crippen MR) is 95.2 cm³/mol. The van der Waals surface area contributed by atoms with E-state index >= 15 is 0 Å². The van der Waals surface area contributed by atoms with Crippen LogP contribution < -0.4 is 0 Å². The Morgan fingerprint density at radius 1 is 1.22 bits per heavy atom. The molecule has 1 heterocycles. The van der Waals surface area contributed by atoms with Crippen LogP contribution >= 0.6 is 11.8 Å². The van der Waals surface area contributed by atoms with Crippen molar-refractivity contribution in [1.82, 2.24) is 9.97 Å². The van der Waals surface area contributed by atoms with Gasteiger partial charge < -0.3 is 0 Å². The van der Waals surface area contributed by atoms with Crippen LogP contribution in [0.5, 0.6) is 0 Å². The molecule has 124 valence electrons. The molecule has 0 saturated heterocycles. The van der Waals surface area contributed by atoms with Gasteiger partial charge in [-0.15, -0.1) is 0 Å². The summed E-state index contributed by atoms with van der Waals surface area (Å²) in [5.41, 5.74) is 1.08. The highest BCUT2D eigenvalue weighted by Gasteiger charge is 2.44. The third kappa shape index (κ3) is 3.37. The van der Waals surface area contributed by atoms with Gasteiger partial charge in [-0.05, 0) is 49.3 Å². The Morgan fingerprint density at radius 3 is 2.74 bits per heavy atom. The Morgan fingerprint density at radius 2 is 2.00 bits per heavy atom. The maximum absolute atomic E-state index is 13.7. The molecule has 1 aliphatic carbocycles. The molecule has 0 amide bonds. The van der Waals surface area contributed by atoms with E-state index in [9.17, 15) is 4.39 Å². The van der Waals surface area contributed by atoms with Crippen LogP contribution in [-0.2, 0) is 0 Å². The second-order valence-corrected chi connectivity index (χ2v) is 9.44. The van der Waals surface area contributed by atoms with Gasteiger partial charge in [-0.2, -0.15) is 0 Å². The first-order valence-electron chi connectivity index (χ1n) is 8.39. The summed E-state index contributed by atoms with van der Waals surface area (Å²) in [6, 6.07) is 4.76. The number of rotatable bonds is 2. The van der Waals surface area contributed by atoms with Crippen LogP contribution in [0.2, 0.25) is 0 Å². The number of aromatic nitrogens is 2. The first-order valence-corrected chi connectivity index (χ1v) is 9.20. The maximum Gasteiger partial charge on any atom is 0.124 e. The fraction of sp³-hybridized carbons (Fsp3) is 0.579. The molecule has 1 aromatic heterocycles. The van der Waals surface area contributed by atoms with E-state index in [4.69, 9.17) is 0 Å². The van der Waals surface area contributed by atoms with Crippen molar-refractivity contribution in [2.24, 2.45) is 11.3 Å². The van der Waals surface area contributed by atoms with Crippen molar-refractivity contribution in [3.8, 4) is 0 Å². The Balaban J connectivity index is 2.01. The van der Waals surface area contributed by atoms with Gasteiger partial charge in [0.1, 0.15) is 17.2 Å². The summed E-state index contributed by atoms with van der Waals surface area (Å²) in [4.78, 5) is 8.76. The molecule has 2 atom stereocenters. The number of benzene rings is 1. The summed E-state index contributed by atoms with van der Waals surface area (Å²) < 4.78 is 13.8.